The van der Waals surface area contributed by atoms with Crippen molar-refractivity contribution in [1.29, 1.82) is 0 Å². The van der Waals surface area contributed by atoms with Gasteiger partial charge >= 0.3 is 0 Å². The van der Waals surface area contributed by atoms with Crippen LogP contribution in [-0.2, 0) is 4.79 Å². The number of rotatable bonds is 8. The molecule has 1 N–H and O–H groups in total. The molecule has 9 nitrogen and oxygen atoms in total. The first-order chi connectivity index (χ1) is 13.9. The van der Waals surface area contributed by atoms with Gasteiger partial charge in [0.05, 0.1) is 25.7 Å². The fourth-order valence-corrected chi connectivity index (χ4v) is 3.25. The van der Waals surface area contributed by atoms with E-state index in [4.69, 9.17) is 13.9 Å². The van der Waals surface area contributed by atoms with Crippen molar-refractivity contribution in [3.05, 3.63) is 30.5 Å². The number of hydrogen-bond donors (Lipinski definition) is 1. The van der Waals surface area contributed by atoms with Crippen LogP contribution in [0, 0.1) is 0 Å². The van der Waals surface area contributed by atoms with E-state index in [1.165, 1.54) is 11.8 Å². The average Bonchev–Trinajstić information content (AvgIpc) is 3.37. The fraction of sp³-hybridized carbons (Fsp3) is 0.368. The Balaban J connectivity index is 1.69. The molecule has 0 unspecified atom stereocenters. The predicted octanol–water partition coefficient (Wildman–Crippen LogP) is 3.65. The van der Waals surface area contributed by atoms with E-state index >= 15 is 0 Å². The lowest BCUT2D eigenvalue weighted by molar-refractivity contribution is -0.115. The number of amides is 1. The molecular formula is C19H23N5O4S. The van der Waals surface area contributed by atoms with Crippen LogP contribution < -0.4 is 14.8 Å². The molecule has 1 atom stereocenters. The monoisotopic (exact) mass is 417 g/mol. The molecule has 0 aliphatic carbocycles. The molecule has 154 valence electrons. The maximum Gasteiger partial charge on any atom is 0.277 e. The molecule has 0 saturated heterocycles. The van der Waals surface area contributed by atoms with E-state index in [1.807, 2.05) is 13.8 Å². The van der Waals surface area contributed by atoms with Crippen LogP contribution in [0.25, 0.3) is 11.5 Å². The minimum absolute atomic E-state index is 0.140. The van der Waals surface area contributed by atoms with Gasteiger partial charge in [-0.3, -0.25) is 4.79 Å². The molecule has 3 aromatic rings. The molecule has 3 rings (SSSR count). The van der Waals surface area contributed by atoms with E-state index in [9.17, 15) is 4.79 Å². The first-order valence-corrected chi connectivity index (χ1v) is 9.87. The summed E-state index contributed by atoms with van der Waals surface area (Å²) in [4.78, 5) is 12.5. The smallest absolute Gasteiger partial charge is 0.277 e. The van der Waals surface area contributed by atoms with Crippen molar-refractivity contribution in [2.75, 3.05) is 19.5 Å². The Hall–Kier alpha value is -3.01. The molecule has 0 aliphatic rings. The number of ether oxygens (including phenoxy) is 2. The van der Waals surface area contributed by atoms with Crippen molar-refractivity contribution in [2.45, 2.75) is 37.3 Å². The molecule has 0 saturated carbocycles. The van der Waals surface area contributed by atoms with Gasteiger partial charge in [-0.2, -0.15) is 5.10 Å². The molecule has 0 bridgehead atoms. The van der Waals surface area contributed by atoms with Gasteiger partial charge in [0.15, 0.2) is 0 Å². The number of aromatic nitrogens is 4. The third-order valence-corrected chi connectivity index (χ3v) is 5.00. The SMILES string of the molecule is COc1cc(OC)cc(-c2nnc(S[C@H](C)C(=O)Nc3ccnn3C(C)C)o2)c1. The highest BCUT2D eigenvalue weighted by atomic mass is 32.2. The number of anilines is 1. The number of carbonyl (C=O) groups is 1. The van der Waals surface area contributed by atoms with Crippen molar-refractivity contribution >= 4 is 23.5 Å². The minimum Gasteiger partial charge on any atom is -0.497 e. The zero-order valence-electron chi connectivity index (χ0n) is 16.9. The fourth-order valence-electron chi connectivity index (χ4n) is 2.56. The summed E-state index contributed by atoms with van der Waals surface area (Å²) < 4.78 is 18.0. The summed E-state index contributed by atoms with van der Waals surface area (Å²) in [5, 5.41) is 15.0. The van der Waals surface area contributed by atoms with Crippen LogP contribution >= 0.6 is 11.8 Å². The van der Waals surface area contributed by atoms with Gasteiger partial charge in [0.2, 0.25) is 11.8 Å². The third-order valence-electron chi connectivity index (χ3n) is 4.06. The third kappa shape index (κ3) is 4.89. The zero-order chi connectivity index (χ0) is 21.0. The highest BCUT2D eigenvalue weighted by Gasteiger charge is 2.21. The number of thioether (sulfide) groups is 1. The maximum atomic E-state index is 12.5. The number of methoxy groups -OCH3 is 2. The second kappa shape index (κ2) is 8.99. The van der Waals surface area contributed by atoms with E-state index < -0.39 is 5.25 Å². The van der Waals surface area contributed by atoms with Gasteiger partial charge in [0.1, 0.15) is 17.3 Å². The van der Waals surface area contributed by atoms with E-state index in [-0.39, 0.29) is 11.9 Å². The van der Waals surface area contributed by atoms with Gasteiger partial charge in [0, 0.05) is 23.7 Å². The van der Waals surface area contributed by atoms with E-state index in [0.29, 0.717) is 34.0 Å². The Morgan fingerprint density at radius 1 is 1.14 bits per heavy atom. The molecule has 10 heteroatoms. The van der Waals surface area contributed by atoms with Crippen LogP contribution in [0.3, 0.4) is 0 Å². The second-order valence-corrected chi connectivity index (χ2v) is 7.77. The van der Waals surface area contributed by atoms with E-state index in [2.05, 4.69) is 20.6 Å². The second-order valence-electron chi connectivity index (χ2n) is 6.48. The number of hydrogen-bond acceptors (Lipinski definition) is 8. The van der Waals surface area contributed by atoms with E-state index in [0.717, 1.165) is 0 Å². The van der Waals surface area contributed by atoms with Crippen molar-refractivity contribution in [1.82, 2.24) is 20.0 Å². The first kappa shape index (κ1) is 20.7. The Morgan fingerprint density at radius 3 is 2.45 bits per heavy atom. The highest BCUT2D eigenvalue weighted by Crippen LogP contribution is 2.31. The summed E-state index contributed by atoms with van der Waals surface area (Å²) in [7, 11) is 3.14. The molecule has 0 spiro atoms. The maximum absolute atomic E-state index is 12.5. The first-order valence-electron chi connectivity index (χ1n) is 8.99. The Kier molecular flexibility index (Phi) is 6.42. The van der Waals surface area contributed by atoms with Gasteiger partial charge in [-0.05, 0) is 32.9 Å². The lowest BCUT2D eigenvalue weighted by Gasteiger charge is -2.13. The van der Waals surface area contributed by atoms with Crippen LogP contribution in [0.2, 0.25) is 0 Å². The van der Waals surface area contributed by atoms with Crippen LogP contribution in [0.4, 0.5) is 5.82 Å². The van der Waals surface area contributed by atoms with Crippen LogP contribution in [0.5, 0.6) is 11.5 Å². The van der Waals surface area contributed by atoms with Crippen LogP contribution in [0.1, 0.15) is 26.8 Å². The molecule has 29 heavy (non-hydrogen) atoms. The summed E-state index contributed by atoms with van der Waals surface area (Å²) in [6.45, 7) is 5.76. The Bertz CT molecular complexity index is 962. The van der Waals surface area contributed by atoms with Crippen molar-refractivity contribution < 1.29 is 18.7 Å². The summed E-state index contributed by atoms with van der Waals surface area (Å²) in [6.07, 6.45) is 1.65. The topological polar surface area (TPSA) is 104 Å². The number of nitrogens with one attached hydrogen (secondary N) is 1. The van der Waals surface area contributed by atoms with Crippen LogP contribution in [-0.4, -0.2) is 45.4 Å². The van der Waals surface area contributed by atoms with Gasteiger partial charge < -0.3 is 19.2 Å². The molecule has 2 aromatic heterocycles. The summed E-state index contributed by atoms with van der Waals surface area (Å²) in [5.74, 6) is 2.00. The largest absolute Gasteiger partial charge is 0.497 e. The summed E-state index contributed by atoms with van der Waals surface area (Å²) in [6, 6.07) is 7.20. The van der Waals surface area contributed by atoms with Gasteiger partial charge in [-0.1, -0.05) is 11.8 Å². The summed E-state index contributed by atoms with van der Waals surface area (Å²) >= 11 is 1.18. The van der Waals surface area contributed by atoms with Gasteiger partial charge in [-0.25, -0.2) is 4.68 Å². The Labute approximate surface area is 172 Å². The molecule has 0 fully saturated rings. The van der Waals surface area contributed by atoms with E-state index in [1.54, 1.807) is 56.3 Å². The number of benzene rings is 1. The average molecular weight is 417 g/mol. The normalized spacial score (nSPS) is 12.1. The molecule has 1 aromatic carbocycles. The molecule has 0 radical (unpaired) electrons. The summed E-state index contributed by atoms with van der Waals surface area (Å²) in [5.41, 5.74) is 0.665. The van der Waals surface area contributed by atoms with Crippen molar-refractivity contribution in [3.63, 3.8) is 0 Å². The Morgan fingerprint density at radius 2 is 1.83 bits per heavy atom. The predicted molar refractivity (Wildman–Crippen MR) is 109 cm³/mol. The minimum atomic E-state index is -0.446. The molecular weight excluding hydrogens is 394 g/mol. The highest BCUT2D eigenvalue weighted by molar-refractivity contribution is 8.00. The number of carbonyl (C=O) groups excluding carboxylic acids is 1. The standard InChI is InChI=1S/C19H23N5O4S/c1-11(2)24-16(6-7-20-24)21-17(25)12(3)29-19-23-22-18(28-19)13-8-14(26-4)10-15(9-13)27-5/h6-12H,1-5H3,(H,21,25)/t12-/m1/s1. The number of nitrogens with zero attached hydrogens (tertiary/aromatic N) is 4. The zero-order valence-corrected chi connectivity index (χ0v) is 17.7. The van der Waals surface area contributed by atoms with Gasteiger partial charge in [-0.15, -0.1) is 10.2 Å². The molecule has 1 amide bonds. The quantitative estimate of drug-likeness (QED) is 0.554. The lowest BCUT2D eigenvalue weighted by Crippen LogP contribution is -2.24. The molecule has 0 aliphatic heterocycles. The van der Waals surface area contributed by atoms with Crippen LogP contribution in [0.15, 0.2) is 40.1 Å². The lowest BCUT2D eigenvalue weighted by atomic mass is 10.2. The van der Waals surface area contributed by atoms with Crippen molar-refractivity contribution in [3.8, 4) is 23.0 Å². The van der Waals surface area contributed by atoms with Gasteiger partial charge in [0.25, 0.3) is 5.22 Å². The molecule has 2 heterocycles. The van der Waals surface area contributed by atoms with Crippen molar-refractivity contribution in [2.24, 2.45) is 0 Å².